The van der Waals surface area contributed by atoms with Gasteiger partial charge in [0.05, 0.1) is 10.4 Å². The standard InChI is InChI=1S/C20H23N5O3S2/c1-4-25-17-9-8-13(12(2)3)10-16(17)18(19(25)26)23-24-20(29)22-14-6-5-7-15(11-14)30(21,27)28/h5-12,26H,4H2,1-3H3,(H,22,29)(H2,21,27,28). The summed E-state index contributed by atoms with van der Waals surface area (Å²) in [4.78, 5) is -0.0443. The molecule has 1 heterocycles. The topological polar surface area (TPSA) is 122 Å². The lowest BCUT2D eigenvalue weighted by Crippen LogP contribution is -2.13. The monoisotopic (exact) mass is 445 g/mol. The highest BCUT2D eigenvalue weighted by molar-refractivity contribution is 7.89. The van der Waals surface area contributed by atoms with Crippen molar-refractivity contribution in [2.75, 3.05) is 5.32 Å². The van der Waals surface area contributed by atoms with Gasteiger partial charge in [0.2, 0.25) is 21.0 Å². The van der Waals surface area contributed by atoms with Gasteiger partial charge in [-0.05, 0) is 61.0 Å². The van der Waals surface area contributed by atoms with Crippen LogP contribution in [0.4, 0.5) is 11.4 Å². The van der Waals surface area contributed by atoms with Crippen LogP contribution in [0.2, 0.25) is 0 Å². The van der Waals surface area contributed by atoms with Crippen molar-refractivity contribution >= 4 is 49.6 Å². The third kappa shape index (κ3) is 4.50. The number of hydrogen-bond acceptors (Lipinski definition) is 5. The largest absolute Gasteiger partial charge is 0.493 e. The predicted octanol–water partition coefficient (Wildman–Crippen LogP) is 4.62. The van der Waals surface area contributed by atoms with Crippen molar-refractivity contribution in [1.82, 2.24) is 4.57 Å². The minimum absolute atomic E-state index is 0.0104. The molecule has 0 aliphatic heterocycles. The van der Waals surface area contributed by atoms with Crippen LogP contribution in [0.3, 0.4) is 0 Å². The molecule has 0 radical (unpaired) electrons. The summed E-state index contributed by atoms with van der Waals surface area (Å²) in [7, 11) is -3.83. The smallest absolute Gasteiger partial charge is 0.238 e. The average Bonchev–Trinajstić information content (AvgIpc) is 2.95. The van der Waals surface area contributed by atoms with E-state index in [-0.39, 0.29) is 15.9 Å². The van der Waals surface area contributed by atoms with Gasteiger partial charge in [-0.3, -0.25) is 0 Å². The molecule has 158 valence electrons. The van der Waals surface area contributed by atoms with Crippen LogP contribution in [0.25, 0.3) is 10.9 Å². The number of benzene rings is 2. The first-order chi connectivity index (χ1) is 14.1. The number of rotatable bonds is 5. The van der Waals surface area contributed by atoms with Gasteiger partial charge in [0, 0.05) is 17.6 Å². The zero-order chi connectivity index (χ0) is 22.1. The van der Waals surface area contributed by atoms with Gasteiger partial charge in [0.1, 0.15) is 0 Å². The van der Waals surface area contributed by atoms with Gasteiger partial charge >= 0.3 is 0 Å². The van der Waals surface area contributed by atoms with E-state index < -0.39 is 10.0 Å². The number of hydrogen-bond donors (Lipinski definition) is 3. The lowest BCUT2D eigenvalue weighted by atomic mass is 10.0. The molecule has 2 aromatic carbocycles. The Kier molecular flexibility index (Phi) is 6.20. The van der Waals surface area contributed by atoms with Crippen LogP contribution in [0.5, 0.6) is 5.88 Å². The number of anilines is 1. The number of fused-ring (bicyclic) bond motifs is 1. The maximum Gasteiger partial charge on any atom is 0.238 e. The molecule has 3 aromatic rings. The summed E-state index contributed by atoms with van der Waals surface area (Å²) in [5.41, 5.74) is 2.71. The Bertz CT molecular complexity index is 1250. The molecule has 30 heavy (non-hydrogen) atoms. The van der Waals surface area contributed by atoms with Crippen molar-refractivity contribution in [3.8, 4) is 5.88 Å². The molecule has 3 rings (SSSR count). The molecule has 0 saturated heterocycles. The van der Waals surface area contributed by atoms with Gasteiger partial charge < -0.3 is 15.0 Å². The van der Waals surface area contributed by atoms with Gasteiger partial charge in [0.15, 0.2) is 5.69 Å². The van der Waals surface area contributed by atoms with E-state index in [0.29, 0.717) is 23.8 Å². The summed E-state index contributed by atoms with van der Waals surface area (Å²) < 4.78 is 24.7. The molecule has 8 nitrogen and oxygen atoms in total. The Morgan fingerprint density at radius 3 is 2.63 bits per heavy atom. The predicted molar refractivity (Wildman–Crippen MR) is 122 cm³/mol. The Labute approximate surface area is 180 Å². The molecule has 0 bridgehead atoms. The van der Waals surface area contributed by atoms with E-state index in [1.54, 1.807) is 10.6 Å². The van der Waals surface area contributed by atoms with Gasteiger partial charge in [-0.15, -0.1) is 10.2 Å². The van der Waals surface area contributed by atoms with E-state index in [9.17, 15) is 13.5 Å². The maximum absolute atomic E-state index is 11.5. The van der Waals surface area contributed by atoms with Crippen molar-refractivity contribution in [1.29, 1.82) is 0 Å². The number of aromatic nitrogens is 1. The fourth-order valence-corrected chi connectivity index (χ4v) is 3.83. The molecule has 0 unspecified atom stereocenters. The second-order valence-corrected chi connectivity index (χ2v) is 9.00. The summed E-state index contributed by atoms with van der Waals surface area (Å²) in [5, 5.41) is 27.6. The summed E-state index contributed by atoms with van der Waals surface area (Å²) >= 11 is 5.20. The molecule has 4 N–H and O–H groups in total. The first-order valence-electron chi connectivity index (χ1n) is 9.32. The van der Waals surface area contributed by atoms with Crippen LogP contribution in [-0.4, -0.2) is 23.2 Å². The third-order valence-corrected chi connectivity index (χ3v) is 5.77. The van der Waals surface area contributed by atoms with Crippen LogP contribution < -0.4 is 10.5 Å². The van der Waals surface area contributed by atoms with Gasteiger partial charge in [-0.25, -0.2) is 13.6 Å². The molecule has 0 aliphatic rings. The number of nitrogens with one attached hydrogen (secondary N) is 1. The SMILES string of the molecule is CCn1c(O)c(N=NC(=S)Nc2cccc(S(N)(=O)=O)c2)c2cc(C(C)C)ccc21. The molecule has 0 aliphatic carbocycles. The first-order valence-corrected chi connectivity index (χ1v) is 11.3. The lowest BCUT2D eigenvalue weighted by molar-refractivity contribution is 0.427. The van der Waals surface area contributed by atoms with Crippen molar-refractivity contribution in [3.05, 3.63) is 48.0 Å². The average molecular weight is 446 g/mol. The second kappa shape index (κ2) is 8.50. The van der Waals surface area contributed by atoms with Crippen LogP contribution in [0.15, 0.2) is 57.6 Å². The Balaban J connectivity index is 1.93. The number of sulfonamides is 1. The van der Waals surface area contributed by atoms with Crippen LogP contribution in [0.1, 0.15) is 32.3 Å². The highest BCUT2D eigenvalue weighted by atomic mass is 32.2. The summed E-state index contributed by atoms with van der Waals surface area (Å²) in [5.74, 6) is 0.330. The van der Waals surface area contributed by atoms with Gasteiger partial charge in [-0.2, -0.15) is 0 Å². The number of thiocarbonyl (C=S) groups is 1. The number of nitrogens with two attached hydrogens (primary N) is 1. The van der Waals surface area contributed by atoms with E-state index in [4.69, 9.17) is 17.4 Å². The lowest BCUT2D eigenvalue weighted by Gasteiger charge is -2.06. The van der Waals surface area contributed by atoms with E-state index in [1.165, 1.54) is 18.2 Å². The summed E-state index contributed by atoms with van der Waals surface area (Å²) in [6.07, 6.45) is 0. The second-order valence-electron chi connectivity index (χ2n) is 7.05. The van der Waals surface area contributed by atoms with Crippen LogP contribution >= 0.6 is 12.2 Å². The normalized spacial score (nSPS) is 12.2. The molecule has 0 atom stereocenters. The van der Waals surface area contributed by atoms with Crippen molar-refractivity contribution in [3.63, 3.8) is 0 Å². The molecule has 1 aromatic heterocycles. The summed E-state index contributed by atoms with van der Waals surface area (Å²) in [6.45, 7) is 6.69. The zero-order valence-electron chi connectivity index (χ0n) is 16.8. The third-order valence-electron chi connectivity index (χ3n) is 4.67. The fraction of sp³-hybridized carbons (Fsp3) is 0.250. The summed E-state index contributed by atoms with van der Waals surface area (Å²) in [6, 6.07) is 11.9. The molecular formula is C20H23N5O3S2. The number of aryl methyl sites for hydroxylation is 1. The number of primary sulfonamides is 1. The Hall–Kier alpha value is -2.82. The molecular weight excluding hydrogens is 422 g/mol. The van der Waals surface area contributed by atoms with Crippen molar-refractivity contribution < 1.29 is 13.5 Å². The number of aromatic hydroxyl groups is 1. The number of nitrogens with zero attached hydrogens (tertiary/aromatic N) is 3. The van der Waals surface area contributed by atoms with E-state index in [0.717, 1.165) is 16.5 Å². The van der Waals surface area contributed by atoms with E-state index >= 15 is 0 Å². The van der Waals surface area contributed by atoms with E-state index in [2.05, 4.69) is 29.4 Å². The highest BCUT2D eigenvalue weighted by Gasteiger charge is 2.17. The Morgan fingerprint density at radius 1 is 1.27 bits per heavy atom. The molecule has 10 heteroatoms. The quantitative estimate of drug-likeness (QED) is 0.391. The van der Waals surface area contributed by atoms with Crippen LogP contribution in [-0.2, 0) is 16.6 Å². The number of azo groups is 1. The van der Waals surface area contributed by atoms with Gasteiger partial charge in [0.25, 0.3) is 0 Å². The Morgan fingerprint density at radius 2 is 2.00 bits per heavy atom. The van der Waals surface area contributed by atoms with Crippen molar-refractivity contribution in [2.45, 2.75) is 38.1 Å². The minimum Gasteiger partial charge on any atom is -0.493 e. The van der Waals surface area contributed by atoms with Crippen LogP contribution in [0, 0.1) is 0 Å². The van der Waals surface area contributed by atoms with E-state index in [1.807, 2.05) is 25.1 Å². The fourth-order valence-electron chi connectivity index (χ4n) is 3.11. The zero-order valence-corrected chi connectivity index (χ0v) is 18.5. The molecule has 0 amide bonds. The molecule has 0 spiro atoms. The maximum atomic E-state index is 11.5. The highest BCUT2D eigenvalue weighted by Crippen LogP contribution is 2.40. The van der Waals surface area contributed by atoms with Crippen molar-refractivity contribution in [2.24, 2.45) is 15.4 Å². The molecule has 0 saturated carbocycles. The minimum atomic E-state index is -3.83. The first kappa shape index (κ1) is 21.9. The molecule has 0 fully saturated rings. The van der Waals surface area contributed by atoms with Gasteiger partial charge in [-0.1, -0.05) is 26.0 Å².